The molecule has 0 saturated carbocycles. The van der Waals surface area contributed by atoms with E-state index >= 15 is 0 Å². The first kappa shape index (κ1) is 13.2. The Morgan fingerprint density at radius 3 is 2.50 bits per heavy atom. The van der Waals surface area contributed by atoms with E-state index in [1.54, 1.807) is 18.4 Å². The molecule has 20 heavy (non-hydrogen) atoms. The lowest BCUT2D eigenvalue weighted by molar-refractivity contribution is 0.222. The van der Waals surface area contributed by atoms with Gasteiger partial charge >= 0.3 is 0 Å². The molecular formula is C17H16O2S. The highest BCUT2D eigenvalue weighted by Gasteiger charge is 2.16. The van der Waals surface area contributed by atoms with Crippen molar-refractivity contribution in [2.75, 3.05) is 7.11 Å². The van der Waals surface area contributed by atoms with Gasteiger partial charge in [-0.15, -0.1) is 11.3 Å². The molecule has 3 aromatic rings. The monoisotopic (exact) mass is 284 g/mol. The molecule has 2 aromatic carbocycles. The number of methoxy groups -OCH3 is 1. The summed E-state index contributed by atoms with van der Waals surface area (Å²) in [5, 5.41) is 14.7. The first-order chi connectivity index (χ1) is 9.70. The molecule has 3 rings (SSSR count). The maximum absolute atomic E-state index is 10.6. The van der Waals surface area contributed by atoms with Crippen LogP contribution in [0.2, 0.25) is 0 Å². The summed E-state index contributed by atoms with van der Waals surface area (Å²) in [4.78, 5) is 1.21. The van der Waals surface area contributed by atoms with E-state index < -0.39 is 6.10 Å². The molecule has 0 bridgehead atoms. The lowest BCUT2D eigenvalue weighted by Gasteiger charge is -2.14. The Kier molecular flexibility index (Phi) is 3.47. The number of hydrogen-bond donors (Lipinski definition) is 1. The molecular weight excluding hydrogens is 268 g/mol. The SMILES string of the molecule is COc1ccc(C(O)c2csc(C)c2)c2ccccc12. The molecule has 0 aliphatic carbocycles. The summed E-state index contributed by atoms with van der Waals surface area (Å²) in [5.41, 5.74) is 1.86. The van der Waals surface area contributed by atoms with Crippen LogP contribution in [0.5, 0.6) is 5.75 Å². The van der Waals surface area contributed by atoms with Gasteiger partial charge in [0.25, 0.3) is 0 Å². The average molecular weight is 284 g/mol. The fourth-order valence-electron chi connectivity index (χ4n) is 2.50. The summed E-state index contributed by atoms with van der Waals surface area (Å²) < 4.78 is 5.39. The second kappa shape index (κ2) is 5.27. The van der Waals surface area contributed by atoms with Gasteiger partial charge in [0, 0.05) is 10.3 Å². The van der Waals surface area contributed by atoms with E-state index in [4.69, 9.17) is 4.74 Å². The maximum atomic E-state index is 10.6. The number of aliphatic hydroxyl groups excluding tert-OH is 1. The van der Waals surface area contributed by atoms with Crippen molar-refractivity contribution in [1.29, 1.82) is 0 Å². The first-order valence-corrected chi connectivity index (χ1v) is 7.37. The largest absolute Gasteiger partial charge is 0.496 e. The molecule has 1 unspecified atom stereocenters. The van der Waals surface area contributed by atoms with Gasteiger partial charge in [0.15, 0.2) is 0 Å². The minimum absolute atomic E-state index is 0.601. The highest BCUT2D eigenvalue weighted by molar-refractivity contribution is 7.10. The number of fused-ring (bicyclic) bond motifs is 1. The van der Waals surface area contributed by atoms with Crippen LogP contribution >= 0.6 is 11.3 Å². The Morgan fingerprint density at radius 1 is 1.10 bits per heavy atom. The van der Waals surface area contributed by atoms with E-state index in [-0.39, 0.29) is 0 Å². The van der Waals surface area contributed by atoms with Crippen molar-refractivity contribution in [3.8, 4) is 5.75 Å². The van der Waals surface area contributed by atoms with Crippen molar-refractivity contribution in [2.24, 2.45) is 0 Å². The Morgan fingerprint density at radius 2 is 1.85 bits per heavy atom. The molecule has 3 heteroatoms. The Bertz CT molecular complexity index is 746. The molecule has 0 aliphatic rings. The first-order valence-electron chi connectivity index (χ1n) is 6.49. The minimum Gasteiger partial charge on any atom is -0.496 e. The summed E-state index contributed by atoms with van der Waals surface area (Å²) in [6.45, 7) is 2.05. The predicted octanol–water partition coefficient (Wildman–Crippen LogP) is 4.30. The number of aliphatic hydroxyl groups is 1. The van der Waals surface area contributed by atoms with Crippen LogP contribution < -0.4 is 4.74 Å². The topological polar surface area (TPSA) is 29.5 Å². The van der Waals surface area contributed by atoms with Crippen molar-refractivity contribution in [3.05, 3.63) is 63.8 Å². The molecule has 1 aromatic heterocycles. The second-order valence-corrected chi connectivity index (χ2v) is 5.91. The van der Waals surface area contributed by atoms with Crippen LogP contribution in [0.15, 0.2) is 47.8 Å². The fourth-order valence-corrected chi connectivity index (χ4v) is 3.22. The quantitative estimate of drug-likeness (QED) is 0.777. The number of rotatable bonds is 3. The van der Waals surface area contributed by atoms with Gasteiger partial charge in [-0.1, -0.05) is 30.3 Å². The van der Waals surface area contributed by atoms with Crippen LogP contribution in [0.3, 0.4) is 0 Å². The maximum Gasteiger partial charge on any atom is 0.126 e. The zero-order valence-electron chi connectivity index (χ0n) is 11.5. The molecule has 1 N–H and O–H groups in total. The van der Waals surface area contributed by atoms with Gasteiger partial charge in [-0.2, -0.15) is 0 Å². The third-order valence-electron chi connectivity index (χ3n) is 3.50. The molecule has 0 amide bonds. The van der Waals surface area contributed by atoms with E-state index in [9.17, 15) is 5.11 Å². The second-order valence-electron chi connectivity index (χ2n) is 4.80. The lowest BCUT2D eigenvalue weighted by Crippen LogP contribution is -2.00. The Hall–Kier alpha value is -1.84. The summed E-state index contributed by atoms with van der Waals surface area (Å²) >= 11 is 1.66. The van der Waals surface area contributed by atoms with E-state index in [2.05, 4.69) is 0 Å². The van der Waals surface area contributed by atoms with Gasteiger partial charge in [-0.05, 0) is 40.9 Å². The highest BCUT2D eigenvalue weighted by Crippen LogP contribution is 2.35. The van der Waals surface area contributed by atoms with Crippen LogP contribution in [0.25, 0.3) is 10.8 Å². The molecule has 2 nitrogen and oxygen atoms in total. The number of aryl methyl sites for hydroxylation is 1. The normalized spacial score (nSPS) is 12.6. The summed E-state index contributed by atoms with van der Waals surface area (Å²) in [7, 11) is 1.67. The van der Waals surface area contributed by atoms with E-state index in [0.29, 0.717) is 0 Å². The van der Waals surface area contributed by atoms with E-state index in [0.717, 1.165) is 27.6 Å². The van der Waals surface area contributed by atoms with Crippen molar-refractivity contribution in [3.63, 3.8) is 0 Å². The molecule has 0 aliphatic heterocycles. The van der Waals surface area contributed by atoms with E-state index in [1.165, 1.54) is 4.88 Å². The number of ether oxygens (including phenoxy) is 1. The Balaban J connectivity index is 2.17. The van der Waals surface area contributed by atoms with Gasteiger partial charge in [-0.3, -0.25) is 0 Å². The molecule has 1 atom stereocenters. The zero-order chi connectivity index (χ0) is 14.1. The molecule has 0 fully saturated rings. The van der Waals surface area contributed by atoms with Crippen LogP contribution in [-0.4, -0.2) is 12.2 Å². The number of thiophene rings is 1. The van der Waals surface area contributed by atoms with Crippen molar-refractivity contribution in [2.45, 2.75) is 13.0 Å². The Labute approximate surface area is 122 Å². The summed E-state index contributed by atoms with van der Waals surface area (Å²) in [6, 6.07) is 13.9. The van der Waals surface area contributed by atoms with Crippen LogP contribution in [0.1, 0.15) is 22.1 Å². The lowest BCUT2D eigenvalue weighted by atomic mass is 9.96. The zero-order valence-corrected chi connectivity index (χ0v) is 12.3. The fraction of sp³-hybridized carbons (Fsp3) is 0.176. The highest BCUT2D eigenvalue weighted by atomic mass is 32.1. The van der Waals surface area contributed by atoms with Crippen molar-refractivity contribution in [1.82, 2.24) is 0 Å². The molecule has 0 saturated heterocycles. The van der Waals surface area contributed by atoms with Crippen molar-refractivity contribution >= 4 is 22.1 Å². The van der Waals surface area contributed by atoms with Gasteiger partial charge < -0.3 is 9.84 Å². The molecule has 0 spiro atoms. The summed E-state index contributed by atoms with van der Waals surface area (Å²) in [5.74, 6) is 0.832. The standard InChI is InChI=1S/C17H16O2S/c1-11-9-12(10-20-11)17(18)15-7-8-16(19-2)14-6-4-3-5-13(14)15/h3-10,17-18H,1-2H3. The number of hydrogen-bond acceptors (Lipinski definition) is 3. The minimum atomic E-state index is -0.601. The van der Waals surface area contributed by atoms with Gasteiger partial charge in [-0.25, -0.2) is 0 Å². The number of benzene rings is 2. The average Bonchev–Trinajstić information content (AvgIpc) is 2.92. The van der Waals surface area contributed by atoms with Gasteiger partial charge in [0.2, 0.25) is 0 Å². The smallest absolute Gasteiger partial charge is 0.126 e. The predicted molar refractivity (Wildman–Crippen MR) is 83.6 cm³/mol. The third kappa shape index (κ3) is 2.19. The molecule has 102 valence electrons. The van der Waals surface area contributed by atoms with Gasteiger partial charge in [0.05, 0.1) is 7.11 Å². The van der Waals surface area contributed by atoms with Crippen LogP contribution in [0, 0.1) is 6.92 Å². The molecule has 1 heterocycles. The van der Waals surface area contributed by atoms with Crippen LogP contribution in [-0.2, 0) is 0 Å². The third-order valence-corrected chi connectivity index (χ3v) is 4.38. The van der Waals surface area contributed by atoms with E-state index in [1.807, 2.05) is 54.8 Å². The van der Waals surface area contributed by atoms with Crippen molar-refractivity contribution < 1.29 is 9.84 Å². The van der Waals surface area contributed by atoms with Crippen LogP contribution in [0.4, 0.5) is 0 Å². The molecule has 0 radical (unpaired) electrons. The summed E-state index contributed by atoms with van der Waals surface area (Å²) in [6.07, 6.45) is -0.601. The van der Waals surface area contributed by atoms with Gasteiger partial charge in [0.1, 0.15) is 11.9 Å².